The minimum atomic E-state index is 0.500. The summed E-state index contributed by atoms with van der Waals surface area (Å²) in [5.41, 5.74) is 0.500. The van der Waals surface area contributed by atoms with Crippen LogP contribution in [0.5, 0.6) is 0 Å². The Morgan fingerprint density at radius 1 is 1.06 bits per heavy atom. The average Bonchev–Trinajstić information content (AvgIpc) is 2.30. The molecule has 1 N–H and O–H groups in total. The fraction of sp³-hybridized carbons (Fsp3) is 1.00. The summed E-state index contributed by atoms with van der Waals surface area (Å²) in [5.74, 6) is 1.86. The molecule has 3 atom stereocenters. The molecule has 1 aliphatic carbocycles. The van der Waals surface area contributed by atoms with Crippen LogP contribution in [0.3, 0.4) is 0 Å². The van der Waals surface area contributed by atoms with E-state index in [-0.39, 0.29) is 0 Å². The van der Waals surface area contributed by atoms with Crippen LogP contribution in [0.2, 0.25) is 0 Å². The van der Waals surface area contributed by atoms with E-state index in [2.05, 4.69) is 39.9 Å². The van der Waals surface area contributed by atoms with Gasteiger partial charge < -0.3 is 5.32 Å². The Balaban J connectivity index is 2.52. The molecule has 18 heavy (non-hydrogen) atoms. The van der Waals surface area contributed by atoms with Crippen molar-refractivity contribution in [2.24, 2.45) is 17.3 Å². The highest BCUT2D eigenvalue weighted by atomic mass is 14.9. The molecular formula is C17H35N. The minimum absolute atomic E-state index is 0.500. The van der Waals surface area contributed by atoms with Crippen molar-refractivity contribution in [2.45, 2.75) is 85.6 Å². The van der Waals surface area contributed by atoms with Gasteiger partial charge in [-0.15, -0.1) is 0 Å². The van der Waals surface area contributed by atoms with E-state index in [1.54, 1.807) is 0 Å². The van der Waals surface area contributed by atoms with Gasteiger partial charge in [0.05, 0.1) is 0 Å². The van der Waals surface area contributed by atoms with Gasteiger partial charge in [0.25, 0.3) is 0 Å². The van der Waals surface area contributed by atoms with Gasteiger partial charge in [0.15, 0.2) is 0 Å². The van der Waals surface area contributed by atoms with E-state index < -0.39 is 0 Å². The maximum absolute atomic E-state index is 3.73. The van der Waals surface area contributed by atoms with E-state index in [0.717, 1.165) is 24.4 Å². The fourth-order valence-corrected chi connectivity index (χ4v) is 3.56. The second-order valence-corrected chi connectivity index (χ2v) is 7.30. The first-order valence-electron chi connectivity index (χ1n) is 8.22. The largest absolute Gasteiger partial charge is 0.314 e. The Morgan fingerprint density at radius 3 is 2.33 bits per heavy atom. The lowest BCUT2D eigenvalue weighted by molar-refractivity contribution is 0.109. The second kappa shape index (κ2) is 7.53. The Bertz CT molecular complexity index is 216. The molecular weight excluding hydrogens is 218 g/mol. The summed E-state index contributed by atoms with van der Waals surface area (Å²) in [7, 11) is 0. The summed E-state index contributed by atoms with van der Waals surface area (Å²) in [6.45, 7) is 13.0. The first-order chi connectivity index (χ1) is 8.49. The first-order valence-corrected chi connectivity index (χ1v) is 8.22. The van der Waals surface area contributed by atoms with E-state index in [1.165, 1.54) is 44.9 Å². The van der Waals surface area contributed by atoms with Gasteiger partial charge in [0, 0.05) is 6.04 Å². The van der Waals surface area contributed by atoms with Crippen molar-refractivity contribution in [3.05, 3.63) is 0 Å². The lowest BCUT2D eigenvalue weighted by Crippen LogP contribution is -2.42. The molecule has 1 heteroatoms. The van der Waals surface area contributed by atoms with Gasteiger partial charge in [-0.1, -0.05) is 53.9 Å². The minimum Gasteiger partial charge on any atom is -0.314 e. The van der Waals surface area contributed by atoms with Crippen LogP contribution >= 0.6 is 0 Å². The van der Waals surface area contributed by atoms with Gasteiger partial charge in [-0.3, -0.25) is 0 Å². The normalized spacial score (nSPS) is 29.5. The highest BCUT2D eigenvalue weighted by Crippen LogP contribution is 2.41. The maximum atomic E-state index is 3.73. The van der Waals surface area contributed by atoms with Crippen molar-refractivity contribution in [1.29, 1.82) is 0 Å². The van der Waals surface area contributed by atoms with Crippen LogP contribution in [0.1, 0.15) is 79.6 Å². The van der Waals surface area contributed by atoms with Crippen LogP contribution in [0.4, 0.5) is 0 Å². The highest BCUT2D eigenvalue weighted by molar-refractivity contribution is 4.88. The highest BCUT2D eigenvalue weighted by Gasteiger charge is 2.34. The molecule has 3 unspecified atom stereocenters. The fourth-order valence-electron chi connectivity index (χ4n) is 3.56. The standard InChI is InChI=1S/C17H35N/c1-6-8-9-10-14-13-15(17(3,4)5)11-12-16(14)18-7-2/h14-16,18H,6-13H2,1-5H3. The van der Waals surface area contributed by atoms with Gasteiger partial charge in [0.1, 0.15) is 0 Å². The zero-order valence-electron chi connectivity index (χ0n) is 13.4. The summed E-state index contributed by atoms with van der Waals surface area (Å²) >= 11 is 0. The third-order valence-corrected chi connectivity index (χ3v) is 4.85. The number of nitrogens with one attached hydrogen (secondary N) is 1. The van der Waals surface area contributed by atoms with Crippen LogP contribution in [0, 0.1) is 17.3 Å². The molecule has 1 fully saturated rings. The van der Waals surface area contributed by atoms with Crippen molar-refractivity contribution in [1.82, 2.24) is 5.32 Å². The lowest BCUT2D eigenvalue weighted by atomic mass is 9.66. The molecule has 0 aromatic rings. The Labute approximate surface area is 115 Å². The van der Waals surface area contributed by atoms with Crippen molar-refractivity contribution in [3.63, 3.8) is 0 Å². The van der Waals surface area contributed by atoms with E-state index in [9.17, 15) is 0 Å². The van der Waals surface area contributed by atoms with Crippen LogP contribution in [-0.2, 0) is 0 Å². The molecule has 1 saturated carbocycles. The topological polar surface area (TPSA) is 12.0 Å². The van der Waals surface area contributed by atoms with Crippen LogP contribution < -0.4 is 5.32 Å². The third kappa shape index (κ3) is 4.91. The van der Waals surface area contributed by atoms with Crippen LogP contribution in [-0.4, -0.2) is 12.6 Å². The van der Waals surface area contributed by atoms with Crippen molar-refractivity contribution in [3.8, 4) is 0 Å². The van der Waals surface area contributed by atoms with E-state index in [1.807, 2.05) is 0 Å². The van der Waals surface area contributed by atoms with E-state index in [4.69, 9.17) is 0 Å². The third-order valence-electron chi connectivity index (χ3n) is 4.85. The molecule has 1 aliphatic rings. The van der Waals surface area contributed by atoms with Gasteiger partial charge in [-0.25, -0.2) is 0 Å². The molecule has 0 amide bonds. The molecule has 0 spiro atoms. The summed E-state index contributed by atoms with van der Waals surface area (Å²) in [5, 5.41) is 3.73. The van der Waals surface area contributed by atoms with Crippen molar-refractivity contribution in [2.75, 3.05) is 6.54 Å². The number of hydrogen-bond acceptors (Lipinski definition) is 1. The average molecular weight is 253 g/mol. The molecule has 1 rings (SSSR count). The smallest absolute Gasteiger partial charge is 0.00954 e. The summed E-state index contributed by atoms with van der Waals surface area (Å²) < 4.78 is 0. The first kappa shape index (κ1) is 16.0. The molecule has 1 nitrogen and oxygen atoms in total. The number of hydrogen-bond donors (Lipinski definition) is 1. The Hall–Kier alpha value is -0.0400. The van der Waals surface area contributed by atoms with Crippen LogP contribution in [0.25, 0.3) is 0 Å². The SMILES string of the molecule is CCCCCC1CC(C(C)(C)C)CCC1NCC. The summed E-state index contributed by atoms with van der Waals surface area (Å²) in [6, 6.07) is 0.797. The molecule has 0 aromatic carbocycles. The second-order valence-electron chi connectivity index (χ2n) is 7.30. The van der Waals surface area contributed by atoms with Crippen molar-refractivity contribution >= 4 is 0 Å². The predicted molar refractivity (Wildman–Crippen MR) is 81.9 cm³/mol. The molecule has 0 aliphatic heterocycles. The van der Waals surface area contributed by atoms with Crippen LogP contribution in [0.15, 0.2) is 0 Å². The van der Waals surface area contributed by atoms with Gasteiger partial charge in [0.2, 0.25) is 0 Å². The predicted octanol–water partition coefficient (Wildman–Crippen LogP) is 5.01. The lowest BCUT2D eigenvalue weighted by Gasteiger charge is -2.42. The van der Waals surface area contributed by atoms with Gasteiger partial charge >= 0.3 is 0 Å². The molecule has 0 heterocycles. The maximum Gasteiger partial charge on any atom is 0.00954 e. The monoisotopic (exact) mass is 253 g/mol. The van der Waals surface area contributed by atoms with Gasteiger partial charge in [-0.2, -0.15) is 0 Å². The van der Waals surface area contributed by atoms with Crippen molar-refractivity contribution < 1.29 is 0 Å². The zero-order valence-corrected chi connectivity index (χ0v) is 13.4. The summed E-state index contributed by atoms with van der Waals surface area (Å²) in [6.07, 6.45) is 9.90. The molecule has 0 bridgehead atoms. The number of unbranched alkanes of at least 4 members (excludes halogenated alkanes) is 2. The molecule has 108 valence electrons. The molecule has 0 radical (unpaired) electrons. The molecule has 0 saturated heterocycles. The Kier molecular flexibility index (Phi) is 6.70. The number of rotatable bonds is 6. The van der Waals surface area contributed by atoms with Gasteiger partial charge in [-0.05, 0) is 49.5 Å². The van der Waals surface area contributed by atoms with E-state index in [0.29, 0.717) is 5.41 Å². The Morgan fingerprint density at radius 2 is 1.78 bits per heavy atom. The quantitative estimate of drug-likeness (QED) is 0.656. The van der Waals surface area contributed by atoms with E-state index >= 15 is 0 Å². The molecule has 0 aromatic heterocycles. The zero-order chi connectivity index (χ0) is 13.6. The summed E-state index contributed by atoms with van der Waals surface area (Å²) in [4.78, 5) is 0.